The molecule has 2 aromatic rings. The zero-order valence-corrected chi connectivity index (χ0v) is 20.2. The molecule has 1 aromatic carbocycles. The van der Waals surface area contributed by atoms with Crippen LogP contribution in [0.1, 0.15) is 67.9 Å². The topological polar surface area (TPSA) is 91.3 Å². The van der Waals surface area contributed by atoms with Crippen LogP contribution in [0.4, 0.5) is 4.79 Å². The molecule has 0 saturated heterocycles. The zero-order chi connectivity index (χ0) is 23.7. The fourth-order valence-corrected chi connectivity index (χ4v) is 4.11. The Morgan fingerprint density at radius 2 is 1.91 bits per heavy atom. The van der Waals surface area contributed by atoms with Crippen LogP contribution in [-0.2, 0) is 4.74 Å². The summed E-state index contributed by atoms with van der Waals surface area (Å²) < 4.78 is 5.31. The minimum Gasteiger partial charge on any atom is -0.444 e. The molecule has 0 aliphatic heterocycles. The molecule has 0 aliphatic carbocycles. The lowest BCUT2D eigenvalue weighted by molar-refractivity contribution is 0.0520. The van der Waals surface area contributed by atoms with Crippen LogP contribution in [0.15, 0.2) is 47.9 Å². The van der Waals surface area contributed by atoms with E-state index in [9.17, 15) is 9.59 Å². The van der Waals surface area contributed by atoms with Crippen molar-refractivity contribution in [3.8, 4) is 0 Å². The van der Waals surface area contributed by atoms with Crippen molar-refractivity contribution in [1.82, 2.24) is 10.6 Å². The molecule has 0 aliphatic rings. The normalized spacial score (nSPS) is 13.7. The second kappa shape index (κ2) is 11.6. The lowest BCUT2D eigenvalue weighted by Gasteiger charge is -2.23. The largest absolute Gasteiger partial charge is 0.444 e. The summed E-state index contributed by atoms with van der Waals surface area (Å²) in [6.45, 7) is 9.83. The van der Waals surface area contributed by atoms with Gasteiger partial charge in [-0.05, 0) is 56.4 Å². The van der Waals surface area contributed by atoms with Crippen molar-refractivity contribution in [3.63, 3.8) is 0 Å². The van der Waals surface area contributed by atoms with Crippen molar-refractivity contribution >= 4 is 35.1 Å². The number of alkyl carbamates (subject to hydrolysis) is 1. The van der Waals surface area contributed by atoms with Gasteiger partial charge in [0, 0.05) is 23.0 Å². The molecular formula is C25H33N3O3S. The lowest BCUT2D eigenvalue weighted by Crippen LogP contribution is -2.40. The molecular weight excluding hydrogens is 422 g/mol. The molecule has 2 amide bonds. The summed E-state index contributed by atoms with van der Waals surface area (Å²) >= 11 is 1.49. The monoisotopic (exact) mass is 455 g/mol. The van der Waals surface area contributed by atoms with E-state index < -0.39 is 17.7 Å². The fraction of sp³-hybridized carbons (Fsp3) is 0.400. The summed E-state index contributed by atoms with van der Waals surface area (Å²) in [7, 11) is 0. The highest BCUT2D eigenvalue weighted by atomic mass is 32.1. The molecule has 1 aromatic heterocycles. The van der Waals surface area contributed by atoms with E-state index in [4.69, 9.17) is 10.1 Å². The highest BCUT2D eigenvalue weighted by molar-refractivity contribution is 7.11. The first-order chi connectivity index (χ1) is 15.1. The van der Waals surface area contributed by atoms with Crippen LogP contribution in [0, 0.1) is 11.3 Å². The highest BCUT2D eigenvalue weighted by Crippen LogP contribution is 2.30. The van der Waals surface area contributed by atoms with E-state index in [1.807, 2.05) is 41.8 Å². The average molecular weight is 456 g/mol. The molecule has 2 unspecified atom stereocenters. The maximum Gasteiger partial charge on any atom is 0.407 e. The molecule has 0 bridgehead atoms. The first kappa shape index (κ1) is 25.3. The first-order valence-corrected chi connectivity index (χ1v) is 11.6. The number of allylic oxidation sites excluding steroid dienone is 2. The van der Waals surface area contributed by atoms with Crippen molar-refractivity contribution in [2.24, 2.45) is 5.92 Å². The van der Waals surface area contributed by atoms with Gasteiger partial charge in [-0.3, -0.25) is 4.79 Å². The van der Waals surface area contributed by atoms with E-state index in [1.54, 1.807) is 26.8 Å². The third-order valence-electron chi connectivity index (χ3n) is 4.91. The fourth-order valence-electron chi connectivity index (χ4n) is 3.08. The summed E-state index contributed by atoms with van der Waals surface area (Å²) in [5.74, 6) is 0.0759. The van der Waals surface area contributed by atoms with Gasteiger partial charge in [-0.25, -0.2) is 4.79 Å². The molecule has 0 saturated carbocycles. The number of amides is 2. The molecule has 0 spiro atoms. The minimum atomic E-state index is -0.597. The van der Waals surface area contributed by atoms with Crippen LogP contribution in [0.25, 0.3) is 5.57 Å². The van der Waals surface area contributed by atoms with Crippen molar-refractivity contribution in [3.05, 3.63) is 63.9 Å². The second-order valence-corrected chi connectivity index (χ2v) is 9.53. The maximum atomic E-state index is 13.0. The molecule has 3 N–H and O–H groups in total. The smallest absolute Gasteiger partial charge is 0.407 e. The van der Waals surface area contributed by atoms with E-state index in [1.165, 1.54) is 17.6 Å². The molecule has 1 heterocycles. The molecule has 0 fully saturated rings. The summed E-state index contributed by atoms with van der Waals surface area (Å²) in [6, 6.07) is 11.0. The Labute approximate surface area is 194 Å². The van der Waals surface area contributed by atoms with Gasteiger partial charge >= 0.3 is 6.09 Å². The van der Waals surface area contributed by atoms with Crippen LogP contribution in [0.3, 0.4) is 0 Å². The number of hydrogen-bond donors (Lipinski definition) is 3. The SMILES string of the molecule is CCC(C)/C(=C\C=N)c1cc(C(=O)NC(CNC(=O)OC(C)(C)C)c2ccccc2)cs1. The van der Waals surface area contributed by atoms with Crippen molar-refractivity contribution in [1.29, 1.82) is 5.41 Å². The average Bonchev–Trinajstić information content (AvgIpc) is 3.23. The van der Waals surface area contributed by atoms with Crippen molar-refractivity contribution in [2.75, 3.05) is 6.54 Å². The van der Waals surface area contributed by atoms with Crippen molar-refractivity contribution < 1.29 is 14.3 Å². The highest BCUT2D eigenvalue weighted by Gasteiger charge is 2.21. The van der Waals surface area contributed by atoms with Crippen molar-refractivity contribution in [2.45, 2.75) is 52.7 Å². The number of carbonyl (C=O) groups excluding carboxylic acids is 2. The predicted octanol–water partition coefficient (Wildman–Crippen LogP) is 5.82. The molecule has 2 rings (SSSR count). The van der Waals surface area contributed by atoms with Gasteiger partial charge in [0.05, 0.1) is 11.6 Å². The van der Waals surface area contributed by atoms with Gasteiger partial charge in [-0.15, -0.1) is 11.3 Å². The predicted molar refractivity (Wildman–Crippen MR) is 131 cm³/mol. The lowest BCUT2D eigenvalue weighted by atomic mass is 9.96. The van der Waals surface area contributed by atoms with Gasteiger partial charge in [-0.1, -0.05) is 44.2 Å². The van der Waals surface area contributed by atoms with E-state index in [0.717, 1.165) is 22.4 Å². The van der Waals surface area contributed by atoms with Crippen LogP contribution >= 0.6 is 11.3 Å². The third kappa shape index (κ3) is 7.64. The summed E-state index contributed by atoms with van der Waals surface area (Å²) in [4.78, 5) is 26.1. The maximum absolute atomic E-state index is 13.0. The number of ether oxygens (including phenoxy) is 1. The Morgan fingerprint density at radius 1 is 1.22 bits per heavy atom. The Hall–Kier alpha value is -2.93. The van der Waals surface area contributed by atoms with Crippen LogP contribution in [-0.4, -0.2) is 30.4 Å². The number of carbonyl (C=O) groups is 2. The molecule has 172 valence electrons. The first-order valence-electron chi connectivity index (χ1n) is 10.8. The van der Waals surface area contributed by atoms with Gasteiger partial charge in [0.1, 0.15) is 5.60 Å². The van der Waals surface area contributed by atoms with Gasteiger partial charge in [0.15, 0.2) is 0 Å². The van der Waals surface area contributed by atoms with E-state index in [-0.39, 0.29) is 12.5 Å². The number of thiophene rings is 1. The van der Waals surface area contributed by atoms with Gasteiger partial charge in [-0.2, -0.15) is 0 Å². The minimum absolute atomic E-state index is 0.202. The second-order valence-electron chi connectivity index (χ2n) is 8.62. The molecule has 32 heavy (non-hydrogen) atoms. The molecule has 7 heteroatoms. The number of rotatable bonds is 9. The van der Waals surface area contributed by atoms with Gasteiger partial charge in [0.25, 0.3) is 5.91 Å². The Balaban J connectivity index is 2.17. The van der Waals surface area contributed by atoms with Gasteiger partial charge in [0.2, 0.25) is 0 Å². The standard InChI is InChI=1S/C25H33N3O3S/c1-6-17(2)20(12-13-26)22-14-19(16-32-22)23(29)28-21(18-10-8-7-9-11-18)15-27-24(30)31-25(3,4)5/h7-14,16-17,21,26H,6,15H2,1-5H3,(H,27,30)(H,28,29)/b20-12+,26-13?. The van der Waals surface area contributed by atoms with Crippen LogP contribution < -0.4 is 10.6 Å². The van der Waals surface area contributed by atoms with E-state index in [0.29, 0.717) is 11.5 Å². The summed E-state index contributed by atoms with van der Waals surface area (Å²) in [5.41, 5.74) is 1.90. The van der Waals surface area contributed by atoms with E-state index in [2.05, 4.69) is 24.5 Å². The molecule has 0 radical (unpaired) electrons. The summed E-state index contributed by atoms with van der Waals surface area (Å²) in [6.07, 6.45) is 3.50. The number of nitrogens with one attached hydrogen (secondary N) is 3. The summed E-state index contributed by atoms with van der Waals surface area (Å²) in [5, 5.41) is 15.1. The van der Waals surface area contributed by atoms with E-state index >= 15 is 0 Å². The van der Waals surface area contributed by atoms with Crippen LogP contribution in [0.5, 0.6) is 0 Å². The number of hydrogen-bond acceptors (Lipinski definition) is 5. The quantitative estimate of drug-likeness (QED) is 0.416. The Kier molecular flexibility index (Phi) is 9.20. The van der Waals surface area contributed by atoms with Crippen LogP contribution in [0.2, 0.25) is 0 Å². The van der Waals surface area contributed by atoms with Gasteiger partial charge < -0.3 is 20.8 Å². The molecule has 6 nitrogen and oxygen atoms in total. The Bertz CT molecular complexity index is 945. The number of benzene rings is 1. The molecule has 2 atom stereocenters. The Morgan fingerprint density at radius 3 is 2.50 bits per heavy atom. The third-order valence-corrected chi connectivity index (χ3v) is 5.89. The zero-order valence-electron chi connectivity index (χ0n) is 19.4.